The van der Waals surface area contributed by atoms with Gasteiger partial charge in [-0.1, -0.05) is 13.0 Å². The molecule has 1 atom stereocenters. The van der Waals surface area contributed by atoms with Crippen molar-refractivity contribution in [3.8, 4) is 0 Å². The molecule has 0 aromatic heterocycles. The van der Waals surface area contributed by atoms with Crippen molar-refractivity contribution in [2.75, 3.05) is 6.61 Å². The molecule has 0 unspecified atom stereocenters. The van der Waals surface area contributed by atoms with Crippen molar-refractivity contribution in [3.63, 3.8) is 0 Å². The summed E-state index contributed by atoms with van der Waals surface area (Å²) in [5.74, 6) is -0.579. The lowest BCUT2D eigenvalue weighted by Crippen LogP contribution is -1.93. The summed E-state index contributed by atoms with van der Waals surface area (Å²) in [6.45, 7) is 6.68. The summed E-state index contributed by atoms with van der Waals surface area (Å²) in [6, 6.07) is 0. The minimum absolute atomic E-state index is 0.212. The third-order valence-electron chi connectivity index (χ3n) is 0.690. The van der Waals surface area contributed by atoms with Gasteiger partial charge in [-0.3, -0.25) is 4.79 Å². The number of hydrogen-bond donors (Lipinski definition) is 2. The predicted octanol–water partition coefficient (Wildman–Crippen LogP) is 0.892. The van der Waals surface area contributed by atoms with Gasteiger partial charge in [0.2, 0.25) is 0 Å². The van der Waals surface area contributed by atoms with Crippen molar-refractivity contribution in [2.24, 2.45) is 5.92 Å². The number of carboxylic acids is 1. The minimum Gasteiger partial charge on any atom is -0.481 e. The summed E-state index contributed by atoms with van der Waals surface area (Å²) in [6.07, 6.45) is 1.72. The van der Waals surface area contributed by atoms with Gasteiger partial charge in [0.25, 0.3) is 5.97 Å². The van der Waals surface area contributed by atoms with Crippen LogP contribution in [-0.4, -0.2) is 22.8 Å². The second kappa shape index (κ2) is 8.17. The molecule has 0 saturated heterocycles. The Bertz CT molecular complexity index is 95.0. The van der Waals surface area contributed by atoms with E-state index < -0.39 is 5.97 Å². The van der Waals surface area contributed by atoms with E-state index in [1.807, 2.05) is 6.92 Å². The first-order valence-corrected chi connectivity index (χ1v) is 2.97. The molecule has 0 aromatic rings. The summed E-state index contributed by atoms with van der Waals surface area (Å²) in [5, 5.41) is 15.7. The fourth-order valence-corrected chi connectivity index (χ4v) is 0.0745. The van der Waals surface area contributed by atoms with Crippen LogP contribution in [0.25, 0.3) is 0 Å². The first-order chi connectivity index (χ1) is 4.54. The van der Waals surface area contributed by atoms with Crippen molar-refractivity contribution < 1.29 is 15.0 Å². The number of hydrogen-bond acceptors (Lipinski definition) is 2. The largest absolute Gasteiger partial charge is 0.481 e. The Morgan fingerprint density at radius 1 is 1.80 bits per heavy atom. The highest BCUT2D eigenvalue weighted by molar-refractivity contribution is 5.62. The van der Waals surface area contributed by atoms with E-state index in [1.54, 1.807) is 6.08 Å². The molecule has 0 rings (SSSR count). The molecule has 0 spiro atoms. The molecule has 0 aromatic carbocycles. The molecule has 0 heterocycles. The highest BCUT2D eigenvalue weighted by atomic mass is 16.4. The maximum Gasteiger partial charge on any atom is 0.300 e. The van der Waals surface area contributed by atoms with E-state index in [0.717, 1.165) is 6.92 Å². The Hall–Kier alpha value is -0.830. The number of carbonyl (C=O) groups is 1. The summed E-state index contributed by atoms with van der Waals surface area (Å²) >= 11 is 0. The zero-order valence-corrected chi connectivity index (χ0v) is 6.37. The van der Waals surface area contributed by atoms with Crippen LogP contribution in [-0.2, 0) is 4.79 Å². The van der Waals surface area contributed by atoms with Gasteiger partial charge in [0.05, 0.1) is 0 Å². The van der Waals surface area contributed by atoms with E-state index >= 15 is 0 Å². The van der Waals surface area contributed by atoms with Crippen molar-refractivity contribution in [1.82, 2.24) is 0 Å². The van der Waals surface area contributed by atoms with Crippen LogP contribution in [0.4, 0.5) is 0 Å². The molecule has 0 amide bonds. The van der Waals surface area contributed by atoms with Crippen LogP contribution in [0, 0.1) is 5.92 Å². The lowest BCUT2D eigenvalue weighted by atomic mass is 10.2. The Labute approximate surface area is 61.0 Å². The van der Waals surface area contributed by atoms with Gasteiger partial charge < -0.3 is 10.2 Å². The topological polar surface area (TPSA) is 57.5 Å². The van der Waals surface area contributed by atoms with Crippen molar-refractivity contribution >= 4 is 5.97 Å². The number of aliphatic carboxylic acids is 1. The molecule has 0 radical (unpaired) electrons. The molecule has 10 heavy (non-hydrogen) atoms. The Kier molecular flexibility index (Phi) is 9.73. The Morgan fingerprint density at radius 2 is 2.10 bits per heavy atom. The third kappa shape index (κ3) is 27.2. The van der Waals surface area contributed by atoms with Crippen LogP contribution in [0.3, 0.4) is 0 Å². The van der Waals surface area contributed by atoms with E-state index in [1.165, 1.54) is 0 Å². The molecule has 0 bridgehead atoms. The molecule has 0 saturated carbocycles. The molecular weight excluding hydrogens is 132 g/mol. The second-order valence-electron chi connectivity index (χ2n) is 1.91. The number of rotatable bonds is 2. The van der Waals surface area contributed by atoms with E-state index in [9.17, 15) is 0 Å². The summed E-state index contributed by atoms with van der Waals surface area (Å²) in [4.78, 5) is 9.00. The van der Waals surface area contributed by atoms with Crippen molar-refractivity contribution in [2.45, 2.75) is 13.8 Å². The molecule has 0 fully saturated rings. The van der Waals surface area contributed by atoms with Crippen LogP contribution in [0.5, 0.6) is 0 Å². The smallest absolute Gasteiger partial charge is 0.300 e. The van der Waals surface area contributed by atoms with Gasteiger partial charge in [-0.25, -0.2) is 0 Å². The van der Waals surface area contributed by atoms with E-state index in [2.05, 4.69) is 6.58 Å². The molecular formula is C7H14O3. The maximum atomic E-state index is 9.00. The molecule has 2 N–H and O–H groups in total. The normalized spacial score (nSPS) is 10.7. The zero-order valence-electron chi connectivity index (χ0n) is 6.37. The number of aliphatic hydroxyl groups excluding tert-OH is 1. The maximum absolute atomic E-state index is 9.00. The van der Waals surface area contributed by atoms with Gasteiger partial charge in [0, 0.05) is 13.5 Å². The first-order valence-electron chi connectivity index (χ1n) is 2.97. The molecule has 0 aliphatic heterocycles. The summed E-state index contributed by atoms with van der Waals surface area (Å²) < 4.78 is 0. The monoisotopic (exact) mass is 146 g/mol. The standard InChI is InChI=1S/C5H10O.C2H4O2/c1-3-5(2)4-6;1-2(3)4/h3,5-6H,1,4H2,2H3;1H3,(H,3,4)/t5-;/m1./s1. The Morgan fingerprint density at radius 3 is 2.10 bits per heavy atom. The molecule has 3 nitrogen and oxygen atoms in total. The van der Waals surface area contributed by atoms with Gasteiger partial charge in [0.15, 0.2) is 0 Å². The minimum atomic E-state index is -0.833. The quantitative estimate of drug-likeness (QED) is 0.569. The molecule has 0 aliphatic rings. The van der Waals surface area contributed by atoms with Gasteiger partial charge in [-0.2, -0.15) is 0 Å². The fourth-order valence-electron chi connectivity index (χ4n) is 0.0745. The van der Waals surface area contributed by atoms with Gasteiger partial charge in [0.1, 0.15) is 0 Å². The van der Waals surface area contributed by atoms with Crippen molar-refractivity contribution in [1.29, 1.82) is 0 Å². The highest BCUT2D eigenvalue weighted by Crippen LogP contribution is 1.89. The second-order valence-corrected chi connectivity index (χ2v) is 1.91. The third-order valence-corrected chi connectivity index (χ3v) is 0.690. The predicted molar refractivity (Wildman–Crippen MR) is 39.8 cm³/mol. The summed E-state index contributed by atoms with van der Waals surface area (Å²) in [7, 11) is 0. The lowest BCUT2D eigenvalue weighted by molar-refractivity contribution is -0.134. The van der Waals surface area contributed by atoms with E-state index in [0.29, 0.717) is 0 Å². The average Bonchev–Trinajstić information content (AvgIpc) is 1.85. The van der Waals surface area contributed by atoms with Gasteiger partial charge in [-0.15, -0.1) is 6.58 Å². The van der Waals surface area contributed by atoms with Crippen LogP contribution < -0.4 is 0 Å². The highest BCUT2D eigenvalue weighted by Gasteiger charge is 1.85. The fraction of sp³-hybridized carbons (Fsp3) is 0.571. The summed E-state index contributed by atoms with van der Waals surface area (Å²) in [5.41, 5.74) is 0. The molecule has 60 valence electrons. The van der Waals surface area contributed by atoms with Crippen LogP contribution >= 0.6 is 0 Å². The van der Waals surface area contributed by atoms with E-state index in [-0.39, 0.29) is 12.5 Å². The molecule has 0 aliphatic carbocycles. The zero-order chi connectivity index (χ0) is 8.57. The van der Waals surface area contributed by atoms with Gasteiger partial charge >= 0.3 is 0 Å². The molecule has 3 heteroatoms. The van der Waals surface area contributed by atoms with Crippen LogP contribution in [0.2, 0.25) is 0 Å². The average molecular weight is 146 g/mol. The van der Waals surface area contributed by atoms with Crippen LogP contribution in [0.1, 0.15) is 13.8 Å². The van der Waals surface area contributed by atoms with E-state index in [4.69, 9.17) is 15.0 Å². The number of carboxylic acid groups (broad SMARTS) is 1. The SMILES string of the molecule is C=C[C@@H](C)CO.CC(=O)O. The van der Waals surface area contributed by atoms with Crippen LogP contribution in [0.15, 0.2) is 12.7 Å². The lowest BCUT2D eigenvalue weighted by Gasteiger charge is -1.93. The Balaban J connectivity index is 0. The van der Waals surface area contributed by atoms with Crippen molar-refractivity contribution in [3.05, 3.63) is 12.7 Å². The number of aliphatic hydroxyl groups is 1. The van der Waals surface area contributed by atoms with Gasteiger partial charge in [-0.05, 0) is 5.92 Å². The first kappa shape index (κ1) is 11.9.